The van der Waals surface area contributed by atoms with Gasteiger partial charge in [0.1, 0.15) is 5.76 Å². The van der Waals surface area contributed by atoms with Gasteiger partial charge in [0.2, 0.25) is 5.95 Å². The molecular formula is C23H31N5O3S. The number of anilines is 1. The number of carbonyl (C=O) groups is 1. The molecule has 3 aromatic rings. The van der Waals surface area contributed by atoms with Crippen molar-refractivity contribution in [2.75, 3.05) is 37.5 Å². The molecule has 0 radical (unpaired) electrons. The molecule has 32 heavy (non-hydrogen) atoms. The zero-order valence-electron chi connectivity index (χ0n) is 19.0. The van der Waals surface area contributed by atoms with E-state index in [1.54, 1.807) is 13.4 Å². The number of aryl methyl sites for hydroxylation is 1. The van der Waals surface area contributed by atoms with Crippen LogP contribution in [0.25, 0.3) is 0 Å². The first-order chi connectivity index (χ1) is 15.6. The molecular weight excluding hydrogens is 426 g/mol. The number of carbonyl (C=O) groups excluding carboxylic acids is 1. The van der Waals surface area contributed by atoms with Gasteiger partial charge in [0.25, 0.3) is 0 Å². The first-order valence-electron chi connectivity index (χ1n) is 11.1. The summed E-state index contributed by atoms with van der Waals surface area (Å²) in [6, 6.07) is 5.81. The Bertz CT molecular complexity index is 1030. The molecule has 4 heterocycles. The van der Waals surface area contributed by atoms with Crippen LogP contribution in [0.5, 0.6) is 0 Å². The predicted molar refractivity (Wildman–Crippen MR) is 125 cm³/mol. The van der Waals surface area contributed by atoms with Crippen molar-refractivity contribution in [2.24, 2.45) is 0 Å². The number of ketones is 1. The number of piperidine rings is 1. The maximum Gasteiger partial charge on any atom is 0.228 e. The average molecular weight is 458 g/mol. The van der Waals surface area contributed by atoms with Crippen molar-refractivity contribution in [2.45, 2.75) is 51.4 Å². The zero-order chi connectivity index (χ0) is 22.5. The lowest BCUT2D eigenvalue weighted by atomic mass is 10.1. The topological polar surface area (TPSA) is 78.3 Å². The molecule has 0 saturated carbocycles. The van der Waals surface area contributed by atoms with Gasteiger partial charge in [0.15, 0.2) is 10.9 Å². The summed E-state index contributed by atoms with van der Waals surface area (Å²) < 4.78 is 15.0. The Balaban J connectivity index is 1.51. The molecule has 0 unspecified atom stereocenters. The van der Waals surface area contributed by atoms with E-state index in [4.69, 9.17) is 9.15 Å². The van der Waals surface area contributed by atoms with Crippen molar-refractivity contribution in [1.29, 1.82) is 0 Å². The number of rotatable bonds is 10. The molecule has 3 aromatic heterocycles. The molecule has 172 valence electrons. The fourth-order valence-electron chi connectivity index (χ4n) is 4.23. The largest absolute Gasteiger partial charge is 0.467 e. The van der Waals surface area contributed by atoms with Crippen LogP contribution in [0.1, 0.15) is 46.8 Å². The number of hydrogen-bond acceptors (Lipinski definition) is 7. The van der Waals surface area contributed by atoms with Crippen LogP contribution < -0.4 is 4.90 Å². The molecule has 0 aliphatic carbocycles. The SMILES string of the molecule is COCCn1c(C)cc(C(=O)CSc2nnc(N3CCCCC3)n2Cc2ccco2)c1C. The Kier molecular flexibility index (Phi) is 7.36. The molecule has 1 saturated heterocycles. The summed E-state index contributed by atoms with van der Waals surface area (Å²) in [5.41, 5.74) is 2.82. The van der Waals surface area contributed by atoms with Crippen molar-refractivity contribution in [3.8, 4) is 0 Å². The van der Waals surface area contributed by atoms with Crippen LogP contribution in [0.4, 0.5) is 5.95 Å². The highest BCUT2D eigenvalue weighted by Gasteiger charge is 2.23. The summed E-state index contributed by atoms with van der Waals surface area (Å²) >= 11 is 1.44. The number of methoxy groups -OCH3 is 1. The van der Waals surface area contributed by atoms with Gasteiger partial charge in [-0.2, -0.15) is 0 Å². The van der Waals surface area contributed by atoms with Gasteiger partial charge >= 0.3 is 0 Å². The molecule has 4 rings (SSSR count). The molecule has 0 amide bonds. The van der Waals surface area contributed by atoms with E-state index in [1.165, 1.54) is 18.2 Å². The summed E-state index contributed by atoms with van der Waals surface area (Å²) in [5, 5.41) is 9.67. The Morgan fingerprint density at radius 1 is 1.19 bits per heavy atom. The lowest BCUT2D eigenvalue weighted by molar-refractivity contribution is 0.102. The highest BCUT2D eigenvalue weighted by Crippen LogP contribution is 2.27. The summed E-state index contributed by atoms with van der Waals surface area (Å²) in [6.45, 7) is 7.89. The van der Waals surface area contributed by atoms with Crippen LogP contribution in [-0.4, -0.2) is 57.7 Å². The maximum absolute atomic E-state index is 13.1. The molecule has 0 N–H and O–H groups in total. The number of nitrogens with zero attached hydrogens (tertiary/aromatic N) is 5. The third-order valence-electron chi connectivity index (χ3n) is 5.96. The van der Waals surface area contributed by atoms with Gasteiger partial charge in [-0.25, -0.2) is 0 Å². The van der Waals surface area contributed by atoms with E-state index in [1.807, 2.05) is 32.0 Å². The molecule has 0 atom stereocenters. The lowest BCUT2D eigenvalue weighted by Gasteiger charge is -2.27. The third-order valence-corrected chi connectivity index (χ3v) is 6.92. The lowest BCUT2D eigenvalue weighted by Crippen LogP contribution is -2.32. The summed E-state index contributed by atoms with van der Waals surface area (Å²) in [7, 11) is 1.69. The smallest absolute Gasteiger partial charge is 0.228 e. The van der Waals surface area contributed by atoms with Crippen LogP contribution in [0, 0.1) is 13.8 Å². The number of aromatic nitrogens is 4. The quantitative estimate of drug-likeness (QED) is 0.337. The molecule has 9 heteroatoms. The van der Waals surface area contributed by atoms with Gasteiger partial charge < -0.3 is 18.6 Å². The average Bonchev–Trinajstić information content (AvgIpc) is 3.52. The maximum atomic E-state index is 13.1. The molecule has 8 nitrogen and oxygen atoms in total. The predicted octanol–water partition coefficient (Wildman–Crippen LogP) is 3.95. The second kappa shape index (κ2) is 10.4. The molecule has 0 bridgehead atoms. The minimum absolute atomic E-state index is 0.0961. The zero-order valence-corrected chi connectivity index (χ0v) is 19.9. The fraction of sp³-hybridized carbons (Fsp3) is 0.522. The minimum atomic E-state index is 0.0961. The van der Waals surface area contributed by atoms with Gasteiger partial charge in [-0.3, -0.25) is 9.36 Å². The van der Waals surface area contributed by atoms with Crippen LogP contribution in [0.3, 0.4) is 0 Å². The molecule has 1 aliphatic heterocycles. The molecule has 0 spiro atoms. The van der Waals surface area contributed by atoms with Crippen LogP contribution in [0.2, 0.25) is 0 Å². The molecule has 0 aromatic carbocycles. The number of thioether (sulfide) groups is 1. The standard InChI is InChI=1S/C23H31N5O3S/c1-17-14-20(18(2)27(17)11-13-30-3)21(29)16-32-23-25-24-22(26-9-5-4-6-10-26)28(23)15-19-8-7-12-31-19/h7-8,12,14H,4-6,9-11,13,15-16H2,1-3H3. The van der Waals surface area contributed by atoms with E-state index in [9.17, 15) is 4.79 Å². The molecule has 1 aliphatic rings. The first kappa shape index (κ1) is 22.7. The highest BCUT2D eigenvalue weighted by molar-refractivity contribution is 7.99. The second-order valence-corrected chi connectivity index (χ2v) is 9.08. The second-order valence-electron chi connectivity index (χ2n) is 8.14. The van der Waals surface area contributed by atoms with Crippen LogP contribution in [0.15, 0.2) is 34.0 Å². The number of Topliss-reactive ketones (excluding diaryl/α,β-unsaturated/α-hetero) is 1. The first-order valence-corrected chi connectivity index (χ1v) is 12.1. The van der Waals surface area contributed by atoms with Crippen LogP contribution >= 0.6 is 11.8 Å². The van der Waals surface area contributed by atoms with E-state index < -0.39 is 0 Å². The highest BCUT2D eigenvalue weighted by atomic mass is 32.2. The normalized spacial score (nSPS) is 14.3. The van der Waals surface area contributed by atoms with E-state index in [0.717, 1.165) is 66.3 Å². The summed E-state index contributed by atoms with van der Waals surface area (Å²) in [5.74, 6) is 2.11. The van der Waals surface area contributed by atoms with Crippen molar-refractivity contribution in [3.05, 3.63) is 47.2 Å². The van der Waals surface area contributed by atoms with Crippen molar-refractivity contribution >= 4 is 23.5 Å². The van der Waals surface area contributed by atoms with Crippen molar-refractivity contribution in [1.82, 2.24) is 19.3 Å². The fourth-order valence-corrected chi connectivity index (χ4v) is 5.05. The van der Waals surface area contributed by atoms with Gasteiger partial charge in [0.05, 0.1) is 25.2 Å². The van der Waals surface area contributed by atoms with Gasteiger partial charge in [-0.05, 0) is 51.3 Å². The van der Waals surface area contributed by atoms with Crippen molar-refractivity contribution < 1.29 is 13.9 Å². The van der Waals surface area contributed by atoms with E-state index in [-0.39, 0.29) is 5.78 Å². The number of ether oxygens (including phenoxy) is 1. The Morgan fingerprint density at radius 3 is 2.72 bits per heavy atom. The van der Waals surface area contributed by atoms with Crippen LogP contribution in [-0.2, 0) is 17.8 Å². The Labute approximate surface area is 192 Å². The van der Waals surface area contributed by atoms with Crippen molar-refractivity contribution in [3.63, 3.8) is 0 Å². The molecule has 1 fully saturated rings. The Morgan fingerprint density at radius 2 is 2.00 bits per heavy atom. The minimum Gasteiger partial charge on any atom is -0.467 e. The van der Waals surface area contributed by atoms with Gasteiger partial charge in [0, 0.05) is 43.7 Å². The van der Waals surface area contributed by atoms with E-state index >= 15 is 0 Å². The number of furan rings is 1. The van der Waals surface area contributed by atoms with Gasteiger partial charge in [-0.1, -0.05) is 11.8 Å². The monoisotopic (exact) mass is 457 g/mol. The van der Waals surface area contributed by atoms with E-state index in [2.05, 4.69) is 24.2 Å². The van der Waals surface area contributed by atoms with Gasteiger partial charge in [-0.15, -0.1) is 10.2 Å². The number of hydrogen-bond donors (Lipinski definition) is 0. The summed E-state index contributed by atoms with van der Waals surface area (Å²) in [4.78, 5) is 15.3. The van der Waals surface area contributed by atoms with E-state index in [0.29, 0.717) is 18.9 Å². The summed E-state index contributed by atoms with van der Waals surface area (Å²) in [6.07, 6.45) is 5.25. The Hall–Kier alpha value is -2.52. The third kappa shape index (κ3) is 4.94.